The summed E-state index contributed by atoms with van der Waals surface area (Å²) in [6.07, 6.45) is -1.23. The van der Waals surface area contributed by atoms with Crippen molar-refractivity contribution in [3.8, 4) is 0 Å². The number of aliphatic hydroxyl groups is 1. The maximum absolute atomic E-state index is 10.4. The third-order valence-corrected chi connectivity index (χ3v) is 2.57. The summed E-state index contributed by atoms with van der Waals surface area (Å²) in [7, 11) is 0. The molecule has 0 amide bonds. The number of aryl methyl sites for hydroxylation is 1. The van der Waals surface area contributed by atoms with Crippen molar-refractivity contribution in [2.45, 2.75) is 19.4 Å². The van der Waals surface area contributed by atoms with E-state index >= 15 is 0 Å². The van der Waals surface area contributed by atoms with Crippen molar-refractivity contribution in [3.05, 3.63) is 33.8 Å². The highest BCUT2D eigenvalue weighted by Gasteiger charge is 2.14. The average Bonchev–Trinajstić information content (AvgIpc) is 2.01. The van der Waals surface area contributed by atoms with Crippen molar-refractivity contribution >= 4 is 21.9 Å². The number of aliphatic hydroxyl groups excluding tert-OH is 1. The first-order chi connectivity index (χ1) is 6.50. The summed E-state index contributed by atoms with van der Waals surface area (Å²) in [5, 5.41) is 18.1. The topological polar surface area (TPSA) is 57.5 Å². The zero-order valence-electron chi connectivity index (χ0n) is 7.70. The molecule has 1 aromatic carbocycles. The Kier molecular flexibility index (Phi) is 3.66. The molecule has 1 atom stereocenters. The van der Waals surface area contributed by atoms with Gasteiger partial charge in [0.15, 0.2) is 0 Å². The van der Waals surface area contributed by atoms with E-state index in [0.717, 1.165) is 10.0 Å². The second-order valence-corrected chi connectivity index (χ2v) is 3.99. The molecule has 0 radical (unpaired) electrons. The van der Waals surface area contributed by atoms with E-state index in [0.29, 0.717) is 5.56 Å². The summed E-state index contributed by atoms with van der Waals surface area (Å²) in [6, 6.07) is 5.42. The largest absolute Gasteiger partial charge is 0.481 e. The van der Waals surface area contributed by atoms with E-state index < -0.39 is 12.1 Å². The lowest BCUT2D eigenvalue weighted by Gasteiger charge is -2.10. The molecule has 1 rings (SSSR count). The first-order valence-electron chi connectivity index (χ1n) is 4.16. The Balaban J connectivity index is 2.90. The second-order valence-electron chi connectivity index (χ2n) is 3.14. The molecule has 0 saturated carbocycles. The Labute approximate surface area is 90.5 Å². The van der Waals surface area contributed by atoms with Crippen LogP contribution < -0.4 is 0 Å². The van der Waals surface area contributed by atoms with Gasteiger partial charge in [0, 0.05) is 4.47 Å². The molecule has 14 heavy (non-hydrogen) atoms. The molecule has 0 aliphatic heterocycles. The lowest BCUT2D eigenvalue weighted by molar-refractivity contribution is -0.139. The van der Waals surface area contributed by atoms with Gasteiger partial charge in [-0.2, -0.15) is 0 Å². The minimum Gasteiger partial charge on any atom is -0.481 e. The van der Waals surface area contributed by atoms with Gasteiger partial charge in [-0.1, -0.05) is 28.1 Å². The van der Waals surface area contributed by atoms with Crippen molar-refractivity contribution < 1.29 is 15.0 Å². The molecule has 0 saturated heterocycles. The van der Waals surface area contributed by atoms with Crippen molar-refractivity contribution in [1.29, 1.82) is 0 Å². The van der Waals surface area contributed by atoms with Gasteiger partial charge in [-0.15, -0.1) is 0 Å². The van der Waals surface area contributed by atoms with Crippen LogP contribution in [0.5, 0.6) is 0 Å². The van der Waals surface area contributed by atoms with Gasteiger partial charge in [-0.05, 0) is 24.1 Å². The number of carboxylic acid groups (broad SMARTS) is 1. The van der Waals surface area contributed by atoms with E-state index in [2.05, 4.69) is 15.9 Å². The lowest BCUT2D eigenvalue weighted by Crippen LogP contribution is -2.06. The van der Waals surface area contributed by atoms with Crippen LogP contribution in [0.1, 0.15) is 23.7 Å². The fourth-order valence-corrected chi connectivity index (χ4v) is 1.94. The van der Waals surface area contributed by atoms with Crippen molar-refractivity contribution in [2.75, 3.05) is 0 Å². The van der Waals surface area contributed by atoms with Gasteiger partial charge in [-0.3, -0.25) is 4.79 Å². The molecular formula is C10H11BrO3. The highest BCUT2D eigenvalue weighted by molar-refractivity contribution is 9.10. The summed E-state index contributed by atoms with van der Waals surface area (Å²) in [5.74, 6) is -1.01. The highest BCUT2D eigenvalue weighted by Crippen LogP contribution is 2.26. The number of benzene rings is 1. The molecule has 0 heterocycles. The van der Waals surface area contributed by atoms with Gasteiger partial charge in [0.2, 0.25) is 0 Å². The van der Waals surface area contributed by atoms with Gasteiger partial charge >= 0.3 is 5.97 Å². The van der Waals surface area contributed by atoms with Crippen LogP contribution in [0.25, 0.3) is 0 Å². The molecule has 1 aromatic rings. The number of rotatable bonds is 3. The number of aliphatic carboxylic acids is 1. The fraction of sp³-hybridized carbons (Fsp3) is 0.300. The number of carboxylic acids is 1. The normalized spacial score (nSPS) is 12.5. The third-order valence-electron chi connectivity index (χ3n) is 1.88. The fourth-order valence-electron chi connectivity index (χ4n) is 1.18. The van der Waals surface area contributed by atoms with E-state index in [-0.39, 0.29) is 6.42 Å². The Morgan fingerprint density at radius 1 is 1.57 bits per heavy atom. The highest BCUT2D eigenvalue weighted by atomic mass is 79.9. The van der Waals surface area contributed by atoms with Crippen LogP contribution in [0, 0.1) is 6.92 Å². The molecule has 0 aliphatic rings. The van der Waals surface area contributed by atoms with Crippen LogP contribution in [-0.4, -0.2) is 16.2 Å². The maximum atomic E-state index is 10.4. The second kappa shape index (κ2) is 4.57. The predicted molar refractivity (Wildman–Crippen MR) is 56.1 cm³/mol. The van der Waals surface area contributed by atoms with E-state index in [1.165, 1.54) is 0 Å². The molecule has 0 aliphatic carbocycles. The van der Waals surface area contributed by atoms with Gasteiger partial charge in [0.1, 0.15) is 0 Å². The summed E-state index contributed by atoms with van der Waals surface area (Å²) in [4.78, 5) is 10.4. The molecule has 0 fully saturated rings. The van der Waals surface area contributed by atoms with E-state index in [9.17, 15) is 9.90 Å². The van der Waals surface area contributed by atoms with E-state index in [1.54, 1.807) is 6.07 Å². The van der Waals surface area contributed by atoms with E-state index in [1.807, 2.05) is 19.1 Å². The number of carbonyl (C=O) groups is 1. The van der Waals surface area contributed by atoms with Gasteiger partial charge in [-0.25, -0.2) is 0 Å². The van der Waals surface area contributed by atoms with Gasteiger partial charge < -0.3 is 10.2 Å². The summed E-state index contributed by atoms with van der Waals surface area (Å²) < 4.78 is 0.742. The quantitative estimate of drug-likeness (QED) is 0.875. The number of hydrogen-bond acceptors (Lipinski definition) is 2. The van der Waals surface area contributed by atoms with Crippen LogP contribution in [0.2, 0.25) is 0 Å². The summed E-state index contributed by atoms with van der Waals surface area (Å²) in [5.41, 5.74) is 1.67. The molecule has 0 bridgehead atoms. The van der Waals surface area contributed by atoms with Gasteiger partial charge in [0.25, 0.3) is 0 Å². The van der Waals surface area contributed by atoms with Crippen LogP contribution in [0.15, 0.2) is 22.7 Å². The minimum absolute atomic E-state index is 0.276. The Hall–Kier alpha value is -0.870. The maximum Gasteiger partial charge on any atom is 0.306 e. The molecule has 0 spiro atoms. The van der Waals surface area contributed by atoms with Crippen molar-refractivity contribution in [2.24, 2.45) is 0 Å². The van der Waals surface area contributed by atoms with Crippen LogP contribution >= 0.6 is 15.9 Å². The van der Waals surface area contributed by atoms with Crippen molar-refractivity contribution in [3.63, 3.8) is 0 Å². The molecule has 2 N–H and O–H groups in total. The van der Waals surface area contributed by atoms with Crippen LogP contribution in [0.4, 0.5) is 0 Å². The standard InChI is InChI=1S/C10H11BrO3/c1-6-2-3-7(8(11)4-6)9(12)5-10(13)14/h2-4,9,12H,5H2,1H3,(H,13,14). The zero-order chi connectivity index (χ0) is 10.7. The summed E-state index contributed by atoms with van der Waals surface area (Å²) in [6.45, 7) is 1.93. The predicted octanol–water partition coefficient (Wildman–Crippen LogP) is 2.27. The Morgan fingerprint density at radius 2 is 2.21 bits per heavy atom. The zero-order valence-corrected chi connectivity index (χ0v) is 9.28. The molecule has 4 heteroatoms. The van der Waals surface area contributed by atoms with Crippen LogP contribution in [-0.2, 0) is 4.79 Å². The smallest absolute Gasteiger partial charge is 0.306 e. The number of halogens is 1. The molecule has 0 aromatic heterocycles. The van der Waals surface area contributed by atoms with Gasteiger partial charge in [0.05, 0.1) is 12.5 Å². The molecule has 1 unspecified atom stereocenters. The first kappa shape index (κ1) is 11.2. The van der Waals surface area contributed by atoms with Crippen molar-refractivity contribution in [1.82, 2.24) is 0 Å². The van der Waals surface area contributed by atoms with Crippen LogP contribution in [0.3, 0.4) is 0 Å². The number of hydrogen-bond donors (Lipinski definition) is 2. The molecule has 3 nitrogen and oxygen atoms in total. The Morgan fingerprint density at radius 3 is 2.71 bits per heavy atom. The average molecular weight is 259 g/mol. The lowest BCUT2D eigenvalue weighted by atomic mass is 10.1. The minimum atomic E-state index is -1.01. The molecule has 76 valence electrons. The van der Waals surface area contributed by atoms with E-state index in [4.69, 9.17) is 5.11 Å². The Bertz CT molecular complexity index is 349. The SMILES string of the molecule is Cc1ccc(C(O)CC(=O)O)c(Br)c1. The third kappa shape index (κ3) is 2.82. The first-order valence-corrected chi connectivity index (χ1v) is 4.96. The molecular weight excluding hydrogens is 248 g/mol. The summed E-state index contributed by atoms with van der Waals surface area (Å²) >= 11 is 3.28. The monoisotopic (exact) mass is 258 g/mol.